The number of alkyl halides is 1. The van der Waals surface area contributed by atoms with Gasteiger partial charge in [0.2, 0.25) is 0 Å². The minimum absolute atomic E-state index is 0.499. The topological polar surface area (TPSA) is 111 Å². The molecule has 0 aromatic heterocycles. The zero-order valence-electron chi connectivity index (χ0n) is 26.1. The smallest absolute Gasteiger partial charge is 0.0701 e. The minimum atomic E-state index is 0.499. The lowest BCUT2D eigenvalue weighted by Crippen LogP contribution is -2.15. The standard InChI is InChI=1S/C29H59ClO12/c1-2-3-4-6-31-8-10-33-12-14-35-16-18-37-20-22-39-24-26-41-28-29-42-27-25-40-23-21-38-19-17-36-15-13-34-11-9-32-7-5-30/h2-29H2,1H3. The van der Waals surface area contributed by atoms with Crippen LogP contribution in [0.2, 0.25) is 0 Å². The lowest BCUT2D eigenvalue weighted by molar-refractivity contribution is -0.0282. The molecule has 0 radical (unpaired) electrons. The molecule has 0 bridgehead atoms. The van der Waals surface area contributed by atoms with Crippen LogP contribution >= 0.6 is 11.6 Å². The number of ether oxygens (including phenoxy) is 12. The third kappa shape index (κ3) is 39.8. The molecule has 0 aliphatic heterocycles. The number of hydrogen-bond donors (Lipinski definition) is 0. The second kappa shape index (κ2) is 40.8. The fraction of sp³-hybridized carbons (Fsp3) is 1.00. The first-order valence-corrected chi connectivity index (χ1v) is 15.9. The normalized spacial score (nSPS) is 11.6. The van der Waals surface area contributed by atoms with Crippen molar-refractivity contribution in [2.45, 2.75) is 26.2 Å². The molecule has 13 heteroatoms. The van der Waals surface area contributed by atoms with Gasteiger partial charge in [0.25, 0.3) is 0 Å². The van der Waals surface area contributed by atoms with Crippen molar-refractivity contribution in [3.05, 3.63) is 0 Å². The molecule has 42 heavy (non-hydrogen) atoms. The van der Waals surface area contributed by atoms with Gasteiger partial charge in [-0.3, -0.25) is 0 Å². The van der Waals surface area contributed by atoms with Crippen LogP contribution in [0.4, 0.5) is 0 Å². The molecule has 0 unspecified atom stereocenters. The first-order chi connectivity index (χ1) is 20.9. The maximum atomic E-state index is 5.51. The van der Waals surface area contributed by atoms with E-state index < -0.39 is 0 Å². The predicted molar refractivity (Wildman–Crippen MR) is 160 cm³/mol. The molecule has 0 saturated heterocycles. The summed E-state index contributed by atoms with van der Waals surface area (Å²) in [5, 5.41) is 0. The highest BCUT2D eigenvalue weighted by atomic mass is 35.5. The Bertz CT molecular complexity index is 428. The van der Waals surface area contributed by atoms with Gasteiger partial charge in [-0.2, -0.15) is 0 Å². The Morgan fingerprint density at radius 2 is 0.452 bits per heavy atom. The first kappa shape index (κ1) is 41.8. The summed E-state index contributed by atoms with van der Waals surface area (Å²) in [6.07, 6.45) is 3.55. The van der Waals surface area contributed by atoms with Crippen LogP contribution in [-0.2, 0) is 56.8 Å². The zero-order valence-corrected chi connectivity index (χ0v) is 26.8. The summed E-state index contributed by atoms with van der Waals surface area (Å²) in [5.74, 6) is 0.499. The largest absolute Gasteiger partial charge is 0.379 e. The second-order valence-corrected chi connectivity index (χ2v) is 9.12. The van der Waals surface area contributed by atoms with Crippen molar-refractivity contribution in [1.29, 1.82) is 0 Å². The molecule has 0 aromatic rings. The molecular formula is C29H59ClO12. The third-order valence-corrected chi connectivity index (χ3v) is 5.36. The molecule has 0 aliphatic rings. The van der Waals surface area contributed by atoms with Gasteiger partial charge in [-0.1, -0.05) is 19.8 Å². The summed E-state index contributed by atoms with van der Waals surface area (Å²) in [5.41, 5.74) is 0. The van der Waals surface area contributed by atoms with Crippen molar-refractivity contribution in [3.8, 4) is 0 Å². The van der Waals surface area contributed by atoms with Crippen LogP contribution in [0.15, 0.2) is 0 Å². The van der Waals surface area contributed by atoms with Gasteiger partial charge in [0.1, 0.15) is 0 Å². The van der Waals surface area contributed by atoms with Gasteiger partial charge in [0.05, 0.1) is 152 Å². The van der Waals surface area contributed by atoms with Crippen molar-refractivity contribution in [1.82, 2.24) is 0 Å². The Kier molecular flexibility index (Phi) is 40.6. The number of halogens is 1. The maximum Gasteiger partial charge on any atom is 0.0701 e. The third-order valence-electron chi connectivity index (χ3n) is 5.21. The lowest BCUT2D eigenvalue weighted by atomic mass is 10.3. The van der Waals surface area contributed by atoms with Crippen molar-refractivity contribution in [3.63, 3.8) is 0 Å². The average molecular weight is 635 g/mol. The molecule has 0 spiro atoms. The van der Waals surface area contributed by atoms with Gasteiger partial charge in [0, 0.05) is 12.5 Å². The molecule has 254 valence electrons. The number of hydrogen-bond acceptors (Lipinski definition) is 12. The summed E-state index contributed by atoms with van der Waals surface area (Å²) in [7, 11) is 0. The first-order valence-electron chi connectivity index (χ1n) is 15.4. The molecule has 0 heterocycles. The molecular weight excluding hydrogens is 576 g/mol. The fourth-order valence-electron chi connectivity index (χ4n) is 3.03. The van der Waals surface area contributed by atoms with Gasteiger partial charge < -0.3 is 56.8 Å². The van der Waals surface area contributed by atoms with E-state index in [0.29, 0.717) is 158 Å². The van der Waals surface area contributed by atoms with E-state index in [1.165, 1.54) is 12.8 Å². The van der Waals surface area contributed by atoms with E-state index >= 15 is 0 Å². The molecule has 0 fully saturated rings. The Labute approximate surface area is 259 Å². The second-order valence-electron chi connectivity index (χ2n) is 8.74. The zero-order chi connectivity index (χ0) is 30.3. The van der Waals surface area contributed by atoms with E-state index in [1.807, 2.05) is 0 Å². The molecule has 0 saturated carbocycles. The average Bonchev–Trinajstić information content (AvgIpc) is 3.00. The Morgan fingerprint density at radius 1 is 0.262 bits per heavy atom. The number of unbranched alkanes of at least 4 members (excludes halogenated alkanes) is 2. The van der Waals surface area contributed by atoms with Gasteiger partial charge in [-0.15, -0.1) is 11.6 Å². The lowest BCUT2D eigenvalue weighted by Gasteiger charge is -2.09. The molecule has 0 rings (SSSR count). The van der Waals surface area contributed by atoms with Crippen molar-refractivity contribution in [2.75, 3.05) is 164 Å². The summed E-state index contributed by atoms with van der Waals surface area (Å²) in [6, 6.07) is 0. The molecule has 0 amide bonds. The summed E-state index contributed by atoms with van der Waals surface area (Å²) < 4.78 is 65.2. The van der Waals surface area contributed by atoms with Crippen LogP contribution in [0.5, 0.6) is 0 Å². The van der Waals surface area contributed by atoms with Gasteiger partial charge in [-0.25, -0.2) is 0 Å². The van der Waals surface area contributed by atoms with Crippen molar-refractivity contribution in [2.24, 2.45) is 0 Å². The molecule has 12 nitrogen and oxygen atoms in total. The Morgan fingerprint density at radius 3 is 0.643 bits per heavy atom. The predicted octanol–water partition coefficient (Wildman–Crippen LogP) is 2.61. The number of rotatable bonds is 39. The fourth-order valence-corrected chi connectivity index (χ4v) is 3.14. The van der Waals surface area contributed by atoms with Gasteiger partial charge in [-0.05, 0) is 6.42 Å². The van der Waals surface area contributed by atoms with E-state index in [2.05, 4.69) is 6.92 Å². The van der Waals surface area contributed by atoms with Crippen molar-refractivity contribution >= 4 is 11.6 Å². The SMILES string of the molecule is CCCCCOCCOCCOCCOCCOCCOCCOCCOCCOCCOCCOCCOCCCl. The van der Waals surface area contributed by atoms with Crippen LogP contribution in [0, 0.1) is 0 Å². The van der Waals surface area contributed by atoms with E-state index in [0.717, 1.165) is 13.0 Å². The van der Waals surface area contributed by atoms with Crippen LogP contribution in [0.1, 0.15) is 26.2 Å². The van der Waals surface area contributed by atoms with E-state index in [1.54, 1.807) is 0 Å². The highest BCUT2D eigenvalue weighted by Crippen LogP contribution is 1.94. The van der Waals surface area contributed by atoms with Crippen LogP contribution in [0.25, 0.3) is 0 Å². The van der Waals surface area contributed by atoms with Crippen LogP contribution < -0.4 is 0 Å². The quantitative estimate of drug-likeness (QED) is 0.0732. The van der Waals surface area contributed by atoms with Crippen molar-refractivity contribution < 1.29 is 56.8 Å². The molecule has 0 aromatic carbocycles. The Balaban J connectivity index is 3.02. The Hall–Kier alpha value is -0.190. The summed E-state index contributed by atoms with van der Waals surface area (Å²) in [6.45, 7) is 15.4. The highest BCUT2D eigenvalue weighted by molar-refractivity contribution is 6.17. The van der Waals surface area contributed by atoms with E-state index in [9.17, 15) is 0 Å². The van der Waals surface area contributed by atoms with E-state index in [4.69, 9.17) is 68.4 Å². The van der Waals surface area contributed by atoms with E-state index in [-0.39, 0.29) is 0 Å². The summed E-state index contributed by atoms with van der Waals surface area (Å²) in [4.78, 5) is 0. The van der Waals surface area contributed by atoms with Gasteiger partial charge >= 0.3 is 0 Å². The molecule has 0 aliphatic carbocycles. The maximum absolute atomic E-state index is 5.51. The summed E-state index contributed by atoms with van der Waals surface area (Å²) >= 11 is 5.51. The minimum Gasteiger partial charge on any atom is -0.379 e. The monoisotopic (exact) mass is 634 g/mol. The van der Waals surface area contributed by atoms with Gasteiger partial charge in [0.15, 0.2) is 0 Å². The highest BCUT2D eigenvalue weighted by Gasteiger charge is 1.96. The van der Waals surface area contributed by atoms with Crippen LogP contribution in [-0.4, -0.2) is 164 Å². The molecule has 0 N–H and O–H groups in total. The molecule has 0 atom stereocenters. The van der Waals surface area contributed by atoms with Crippen LogP contribution in [0.3, 0.4) is 0 Å².